The molecule has 1 heterocycles. The number of nitrogens with zero attached hydrogens (tertiary/aromatic N) is 2. The van der Waals surface area contributed by atoms with E-state index in [1.54, 1.807) is 17.0 Å². The number of hydrogen-bond acceptors (Lipinski definition) is 3. The lowest BCUT2D eigenvalue weighted by Crippen LogP contribution is -2.15. The summed E-state index contributed by atoms with van der Waals surface area (Å²) in [5.74, 6) is 0.459. The van der Waals surface area contributed by atoms with Gasteiger partial charge >= 0.3 is 0 Å². The molecule has 1 N–H and O–H groups in total. The minimum Gasteiger partial charge on any atom is -0.331 e. The Kier molecular flexibility index (Phi) is 3.89. The lowest BCUT2D eigenvalue weighted by molar-refractivity contribution is 0.102. The summed E-state index contributed by atoms with van der Waals surface area (Å²) in [6, 6.07) is 7.70. The maximum atomic E-state index is 12.4. The van der Waals surface area contributed by atoms with E-state index < -0.39 is 0 Å². The largest absolute Gasteiger partial charge is 0.331 e. The molecule has 0 aliphatic rings. The number of aromatic nitrogens is 2. The highest BCUT2D eigenvalue weighted by atomic mass is 16.1. The van der Waals surface area contributed by atoms with Crippen LogP contribution in [0.2, 0.25) is 0 Å². The van der Waals surface area contributed by atoms with Crippen molar-refractivity contribution in [3.05, 3.63) is 53.6 Å². The van der Waals surface area contributed by atoms with E-state index in [2.05, 4.69) is 10.3 Å². The number of aryl methyl sites for hydroxylation is 1. The molecule has 0 spiro atoms. The van der Waals surface area contributed by atoms with E-state index in [0.29, 0.717) is 5.82 Å². The summed E-state index contributed by atoms with van der Waals surface area (Å²) in [5.41, 5.74) is 1.79. The quantitative estimate of drug-likeness (QED) is 0.808. The third-order valence-corrected chi connectivity index (χ3v) is 2.93. The van der Waals surface area contributed by atoms with Crippen molar-refractivity contribution < 1.29 is 4.79 Å². The molecule has 0 amide bonds. The fourth-order valence-electron chi connectivity index (χ4n) is 1.92. The standard InChI is InChI=1S/C14H17N3O/c1-15-8-7-11-5-3-4-6-12(11)13(18)14-16-9-10-17(14)2/h3-6,9-10,15H,7-8H2,1-2H3. The minimum atomic E-state index is -0.0193. The average Bonchev–Trinajstić information content (AvgIpc) is 2.82. The summed E-state index contributed by atoms with van der Waals surface area (Å²) in [5, 5.41) is 3.10. The monoisotopic (exact) mass is 243 g/mol. The molecular weight excluding hydrogens is 226 g/mol. The van der Waals surface area contributed by atoms with Gasteiger partial charge in [-0.05, 0) is 25.6 Å². The van der Waals surface area contributed by atoms with E-state index in [1.165, 1.54) is 0 Å². The predicted octanol–water partition coefficient (Wildman–Crippen LogP) is 1.41. The summed E-state index contributed by atoms with van der Waals surface area (Å²) in [4.78, 5) is 16.5. The first kappa shape index (κ1) is 12.5. The number of nitrogens with one attached hydrogen (secondary N) is 1. The van der Waals surface area contributed by atoms with Gasteiger partial charge in [0.15, 0.2) is 5.82 Å². The first-order valence-electron chi connectivity index (χ1n) is 5.98. The summed E-state index contributed by atoms with van der Waals surface area (Å²) in [7, 11) is 3.74. The number of carbonyl (C=O) groups excluding carboxylic acids is 1. The Labute approximate surface area is 107 Å². The van der Waals surface area contributed by atoms with Gasteiger partial charge in [0.05, 0.1) is 0 Å². The van der Waals surface area contributed by atoms with E-state index in [0.717, 1.165) is 24.1 Å². The number of hydrogen-bond donors (Lipinski definition) is 1. The summed E-state index contributed by atoms with van der Waals surface area (Å²) < 4.78 is 1.75. The molecule has 94 valence electrons. The Morgan fingerprint density at radius 1 is 1.39 bits per heavy atom. The highest BCUT2D eigenvalue weighted by Crippen LogP contribution is 2.13. The van der Waals surface area contributed by atoms with Crippen LogP contribution in [0.5, 0.6) is 0 Å². The Hall–Kier alpha value is -1.94. The van der Waals surface area contributed by atoms with Gasteiger partial charge in [0.1, 0.15) is 0 Å². The molecule has 0 saturated carbocycles. The van der Waals surface area contributed by atoms with Crippen molar-refractivity contribution in [1.29, 1.82) is 0 Å². The zero-order chi connectivity index (χ0) is 13.0. The van der Waals surface area contributed by atoms with Crippen LogP contribution in [0.3, 0.4) is 0 Å². The number of benzene rings is 1. The van der Waals surface area contributed by atoms with Gasteiger partial charge in [-0.25, -0.2) is 4.98 Å². The molecule has 1 aromatic carbocycles. The first-order chi connectivity index (χ1) is 8.74. The first-order valence-corrected chi connectivity index (χ1v) is 5.98. The summed E-state index contributed by atoms with van der Waals surface area (Å²) in [6.45, 7) is 0.852. The topological polar surface area (TPSA) is 46.9 Å². The molecule has 0 bridgehead atoms. The molecule has 2 aromatic rings. The van der Waals surface area contributed by atoms with Crippen LogP contribution in [-0.4, -0.2) is 28.9 Å². The Balaban J connectivity index is 2.33. The SMILES string of the molecule is CNCCc1ccccc1C(=O)c1nccn1C. The molecule has 0 atom stereocenters. The van der Waals surface area contributed by atoms with Gasteiger partial charge in [-0.2, -0.15) is 0 Å². The number of ketones is 1. The van der Waals surface area contributed by atoms with Gasteiger partial charge in [-0.3, -0.25) is 4.79 Å². The van der Waals surface area contributed by atoms with E-state index >= 15 is 0 Å². The van der Waals surface area contributed by atoms with Gasteiger partial charge in [0.2, 0.25) is 5.78 Å². The smallest absolute Gasteiger partial charge is 0.228 e. The molecule has 18 heavy (non-hydrogen) atoms. The van der Waals surface area contributed by atoms with E-state index in [-0.39, 0.29) is 5.78 Å². The lowest BCUT2D eigenvalue weighted by atomic mass is 10.0. The van der Waals surface area contributed by atoms with Crippen LogP contribution in [0.1, 0.15) is 21.7 Å². The van der Waals surface area contributed by atoms with Crippen LogP contribution in [0.4, 0.5) is 0 Å². The van der Waals surface area contributed by atoms with Gasteiger partial charge in [-0.15, -0.1) is 0 Å². The van der Waals surface area contributed by atoms with Gasteiger partial charge in [0, 0.05) is 25.0 Å². The van der Waals surface area contributed by atoms with E-state index in [9.17, 15) is 4.79 Å². The van der Waals surface area contributed by atoms with Crippen LogP contribution >= 0.6 is 0 Å². The maximum Gasteiger partial charge on any atom is 0.228 e. The zero-order valence-electron chi connectivity index (χ0n) is 10.7. The van der Waals surface area contributed by atoms with Crippen LogP contribution in [0.15, 0.2) is 36.7 Å². The van der Waals surface area contributed by atoms with Crippen molar-refractivity contribution in [3.8, 4) is 0 Å². The molecule has 0 fully saturated rings. The fourth-order valence-corrected chi connectivity index (χ4v) is 1.92. The number of imidazole rings is 1. The molecule has 2 rings (SSSR count). The van der Waals surface area contributed by atoms with Crippen molar-refractivity contribution in [2.75, 3.05) is 13.6 Å². The van der Waals surface area contributed by atoms with Crippen LogP contribution in [0.25, 0.3) is 0 Å². The second-order valence-corrected chi connectivity index (χ2v) is 4.20. The van der Waals surface area contributed by atoms with E-state index in [4.69, 9.17) is 0 Å². The molecule has 0 saturated heterocycles. The lowest BCUT2D eigenvalue weighted by Gasteiger charge is -2.08. The number of likely N-dealkylation sites (N-methyl/N-ethyl adjacent to an activating group) is 1. The molecule has 1 aromatic heterocycles. The van der Waals surface area contributed by atoms with Crippen molar-refractivity contribution in [3.63, 3.8) is 0 Å². The van der Waals surface area contributed by atoms with Crippen molar-refractivity contribution in [2.24, 2.45) is 7.05 Å². The summed E-state index contributed by atoms with van der Waals surface area (Å²) >= 11 is 0. The van der Waals surface area contributed by atoms with Crippen LogP contribution < -0.4 is 5.32 Å². The predicted molar refractivity (Wildman–Crippen MR) is 70.7 cm³/mol. The van der Waals surface area contributed by atoms with Crippen molar-refractivity contribution in [1.82, 2.24) is 14.9 Å². The molecule has 0 aliphatic carbocycles. The molecule has 0 unspecified atom stereocenters. The Morgan fingerprint density at radius 2 is 2.17 bits per heavy atom. The number of rotatable bonds is 5. The molecular formula is C14H17N3O. The second-order valence-electron chi connectivity index (χ2n) is 4.20. The van der Waals surface area contributed by atoms with Gasteiger partial charge in [0.25, 0.3) is 0 Å². The molecule has 0 aliphatic heterocycles. The van der Waals surface area contributed by atoms with Crippen molar-refractivity contribution in [2.45, 2.75) is 6.42 Å². The Bertz CT molecular complexity index is 545. The Morgan fingerprint density at radius 3 is 2.83 bits per heavy atom. The zero-order valence-corrected chi connectivity index (χ0v) is 10.7. The summed E-state index contributed by atoms with van der Waals surface area (Å²) in [6.07, 6.45) is 4.26. The molecule has 4 heteroatoms. The maximum absolute atomic E-state index is 12.4. The fraction of sp³-hybridized carbons (Fsp3) is 0.286. The third kappa shape index (κ3) is 2.49. The minimum absolute atomic E-state index is 0.0193. The normalized spacial score (nSPS) is 10.6. The molecule has 0 radical (unpaired) electrons. The molecule has 4 nitrogen and oxygen atoms in total. The second kappa shape index (κ2) is 5.60. The van der Waals surface area contributed by atoms with Gasteiger partial charge in [-0.1, -0.05) is 24.3 Å². The van der Waals surface area contributed by atoms with E-state index in [1.807, 2.05) is 38.4 Å². The van der Waals surface area contributed by atoms with Crippen LogP contribution in [0, 0.1) is 0 Å². The van der Waals surface area contributed by atoms with Crippen LogP contribution in [-0.2, 0) is 13.5 Å². The van der Waals surface area contributed by atoms with Gasteiger partial charge < -0.3 is 9.88 Å². The highest BCUT2D eigenvalue weighted by Gasteiger charge is 2.16. The number of carbonyl (C=O) groups is 1. The third-order valence-electron chi connectivity index (χ3n) is 2.93. The average molecular weight is 243 g/mol. The van der Waals surface area contributed by atoms with Crippen molar-refractivity contribution >= 4 is 5.78 Å². The highest BCUT2D eigenvalue weighted by molar-refractivity contribution is 6.07.